The topological polar surface area (TPSA) is 111 Å². The molecule has 0 aliphatic carbocycles. The second-order valence-electron chi connectivity index (χ2n) is 5.32. The Morgan fingerprint density at radius 1 is 1.41 bits per heavy atom. The molecular weight excluding hydrogens is 310 g/mol. The van der Waals surface area contributed by atoms with Crippen LogP contribution in [0.25, 0.3) is 0 Å². The molecule has 2 rings (SSSR count). The molecule has 0 bridgehead atoms. The van der Waals surface area contributed by atoms with Gasteiger partial charge in [0.25, 0.3) is 5.69 Å². The Balaban J connectivity index is 2.08. The van der Waals surface area contributed by atoms with Crippen molar-refractivity contribution < 1.29 is 18.1 Å². The van der Waals surface area contributed by atoms with E-state index in [1.165, 1.54) is 24.3 Å². The number of sulfonamides is 1. The first-order chi connectivity index (χ1) is 10.4. The molecule has 1 atom stereocenters. The van der Waals surface area contributed by atoms with Crippen molar-refractivity contribution in [1.82, 2.24) is 10.0 Å². The van der Waals surface area contributed by atoms with Crippen molar-refractivity contribution in [3.63, 3.8) is 0 Å². The van der Waals surface area contributed by atoms with Crippen molar-refractivity contribution in [1.29, 1.82) is 0 Å². The van der Waals surface area contributed by atoms with Gasteiger partial charge in [0.05, 0.1) is 22.0 Å². The van der Waals surface area contributed by atoms with E-state index in [0.29, 0.717) is 6.61 Å². The van der Waals surface area contributed by atoms with Crippen LogP contribution in [0.1, 0.15) is 12.8 Å². The van der Waals surface area contributed by atoms with Gasteiger partial charge < -0.3 is 10.1 Å². The molecule has 122 valence electrons. The standard InChI is InChI=1S/C13H19N3O5S/c1-21-10-13(7-2-8-14-13)9-15-22(19,20)12-5-3-11(4-6-12)16(17)18/h3-6,14-15H,2,7-10H2,1H3. The van der Waals surface area contributed by atoms with Gasteiger partial charge in [-0.15, -0.1) is 0 Å². The van der Waals surface area contributed by atoms with Gasteiger partial charge in [0.2, 0.25) is 10.0 Å². The van der Waals surface area contributed by atoms with Crippen LogP contribution < -0.4 is 10.0 Å². The van der Waals surface area contributed by atoms with E-state index in [9.17, 15) is 18.5 Å². The molecule has 1 aliphatic rings. The molecule has 8 nitrogen and oxygen atoms in total. The van der Waals surface area contributed by atoms with Crippen LogP contribution in [0, 0.1) is 10.1 Å². The van der Waals surface area contributed by atoms with Crippen LogP contribution in [-0.4, -0.2) is 45.7 Å². The van der Waals surface area contributed by atoms with E-state index >= 15 is 0 Å². The Kier molecular flexibility index (Phi) is 5.12. The van der Waals surface area contributed by atoms with Crippen LogP contribution in [0.3, 0.4) is 0 Å². The zero-order valence-electron chi connectivity index (χ0n) is 12.2. The summed E-state index contributed by atoms with van der Waals surface area (Å²) in [7, 11) is -2.14. The monoisotopic (exact) mass is 329 g/mol. The van der Waals surface area contributed by atoms with E-state index in [4.69, 9.17) is 4.74 Å². The molecule has 1 aromatic rings. The maximum absolute atomic E-state index is 12.3. The quantitative estimate of drug-likeness (QED) is 0.561. The summed E-state index contributed by atoms with van der Waals surface area (Å²) in [6.45, 7) is 1.44. The number of non-ortho nitro benzene ring substituents is 1. The van der Waals surface area contributed by atoms with E-state index in [1.54, 1.807) is 7.11 Å². The predicted octanol–water partition coefficient (Wildman–Crippen LogP) is 0.642. The predicted molar refractivity (Wildman–Crippen MR) is 80.1 cm³/mol. The molecule has 1 saturated heterocycles. The SMILES string of the molecule is COCC1(CNS(=O)(=O)c2ccc([N+](=O)[O-])cc2)CCCN1. The molecule has 1 unspecified atom stereocenters. The molecule has 0 amide bonds. The van der Waals surface area contributed by atoms with E-state index in [0.717, 1.165) is 19.4 Å². The summed E-state index contributed by atoms with van der Waals surface area (Å²) >= 11 is 0. The first-order valence-corrected chi connectivity index (χ1v) is 8.35. The summed E-state index contributed by atoms with van der Waals surface area (Å²) < 4.78 is 32.3. The summed E-state index contributed by atoms with van der Waals surface area (Å²) in [4.78, 5) is 10.0. The number of nitro groups is 1. The smallest absolute Gasteiger partial charge is 0.269 e. The fraction of sp³-hybridized carbons (Fsp3) is 0.538. The van der Waals surface area contributed by atoms with Crippen LogP contribution in [0.5, 0.6) is 0 Å². The van der Waals surface area contributed by atoms with Gasteiger partial charge in [-0.3, -0.25) is 10.1 Å². The fourth-order valence-corrected chi connectivity index (χ4v) is 3.66. The maximum atomic E-state index is 12.3. The lowest BCUT2D eigenvalue weighted by Gasteiger charge is -2.28. The van der Waals surface area contributed by atoms with E-state index in [-0.39, 0.29) is 17.1 Å². The van der Waals surface area contributed by atoms with Gasteiger partial charge in [0, 0.05) is 25.8 Å². The highest BCUT2D eigenvalue weighted by atomic mass is 32.2. The van der Waals surface area contributed by atoms with Crippen LogP contribution in [-0.2, 0) is 14.8 Å². The minimum Gasteiger partial charge on any atom is -0.383 e. The fourth-order valence-electron chi connectivity index (χ4n) is 2.53. The van der Waals surface area contributed by atoms with Gasteiger partial charge in [-0.25, -0.2) is 13.1 Å². The molecule has 0 saturated carbocycles. The van der Waals surface area contributed by atoms with Crippen molar-refractivity contribution in [2.75, 3.05) is 26.8 Å². The third-order valence-electron chi connectivity index (χ3n) is 3.71. The van der Waals surface area contributed by atoms with Gasteiger partial charge >= 0.3 is 0 Å². The Labute approximate surface area is 129 Å². The zero-order chi connectivity index (χ0) is 16.2. The Hall–Kier alpha value is -1.55. The van der Waals surface area contributed by atoms with Gasteiger partial charge in [0.1, 0.15) is 0 Å². The molecule has 0 aromatic heterocycles. The number of hydrogen-bond acceptors (Lipinski definition) is 6. The highest BCUT2D eigenvalue weighted by Crippen LogP contribution is 2.20. The molecular formula is C13H19N3O5S. The molecule has 1 fully saturated rings. The van der Waals surface area contributed by atoms with E-state index < -0.39 is 20.5 Å². The van der Waals surface area contributed by atoms with Gasteiger partial charge in [-0.1, -0.05) is 0 Å². The summed E-state index contributed by atoms with van der Waals surface area (Å²) in [6, 6.07) is 4.80. The number of hydrogen-bond donors (Lipinski definition) is 2. The summed E-state index contributed by atoms with van der Waals surface area (Å²) in [6.07, 6.45) is 1.78. The van der Waals surface area contributed by atoms with Crippen molar-refractivity contribution in [3.8, 4) is 0 Å². The summed E-state index contributed by atoms with van der Waals surface area (Å²) in [5.74, 6) is 0. The second kappa shape index (κ2) is 6.69. The van der Waals surface area contributed by atoms with Gasteiger partial charge in [-0.05, 0) is 31.5 Å². The molecule has 9 heteroatoms. The lowest BCUT2D eigenvalue weighted by atomic mass is 9.99. The van der Waals surface area contributed by atoms with E-state index in [1.807, 2.05) is 0 Å². The molecule has 2 N–H and O–H groups in total. The number of nitrogens with zero attached hydrogens (tertiary/aromatic N) is 1. The van der Waals surface area contributed by atoms with Crippen molar-refractivity contribution in [3.05, 3.63) is 34.4 Å². The van der Waals surface area contributed by atoms with Crippen LogP contribution in [0.15, 0.2) is 29.2 Å². The Morgan fingerprint density at radius 2 is 2.09 bits per heavy atom. The lowest BCUT2D eigenvalue weighted by Crippen LogP contribution is -2.52. The van der Waals surface area contributed by atoms with Crippen molar-refractivity contribution in [2.24, 2.45) is 0 Å². The molecule has 0 radical (unpaired) electrons. The van der Waals surface area contributed by atoms with Crippen molar-refractivity contribution in [2.45, 2.75) is 23.3 Å². The average molecular weight is 329 g/mol. The largest absolute Gasteiger partial charge is 0.383 e. The average Bonchev–Trinajstić information content (AvgIpc) is 2.95. The van der Waals surface area contributed by atoms with Crippen LogP contribution in [0.2, 0.25) is 0 Å². The number of rotatable bonds is 7. The Bertz CT molecular complexity index is 624. The molecule has 1 aromatic carbocycles. The number of nitro benzene ring substituents is 1. The number of nitrogens with one attached hydrogen (secondary N) is 2. The Morgan fingerprint density at radius 3 is 2.59 bits per heavy atom. The first kappa shape index (κ1) is 16.8. The minimum atomic E-state index is -3.71. The number of benzene rings is 1. The lowest BCUT2D eigenvalue weighted by molar-refractivity contribution is -0.384. The summed E-state index contributed by atoms with van der Waals surface area (Å²) in [5.41, 5.74) is -0.546. The molecule has 1 heterocycles. The third-order valence-corrected chi connectivity index (χ3v) is 5.13. The second-order valence-corrected chi connectivity index (χ2v) is 7.09. The zero-order valence-corrected chi connectivity index (χ0v) is 13.1. The van der Waals surface area contributed by atoms with Gasteiger partial charge in [-0.2, -0.15) is 0 Å². The van der Waals surface area contributed by atoms with E-state index in [2.05, 4.69) is 10.0 Å². The minimum absolute atomic E-state index is 0.00339. The number of methoxy groups -OCH3 is 1. The molecule has 1 aliphatic heterocycles. The summed E-state index contributed by atoms with van der Waals surface area (Å²) in [5, 5.41) is 13.9. The van der Waals surface area contributed by atoms with Crippen molar-refractivity contribution >= 4 is 15.7 Å². The van der Waals surface area contributed by atoms with Crippen LogP contribution >= 0.6 is 0 Å². The van der Waals surface area contributed by atoms with Gasteiger partial charge in [0.15, 0.2) is 0 Å². The first-order valence-electron chi connectivity index (χ1n) is 6.87. The highest BCUT2D eigenvalue weighted by Gasteiger charge is 2.34. The van der Waals surface area contributed by atoms with Crippen LogP contribution in [0.4, 0.5) is 5.69 Å². The molecule has 22 heavy (non-hydrogen) atoms. The molecule has 0 spiro atoms. The maximum Gasteiger partial charge on any atom is 0.269 e. The number of ether oxygens (including phenoxy) is 1. The third kappa shape index (κ3) is 3.80. The normalized spacial score (nSPS) is 21.9. The highest BCUT2D eigenvalue weighted by molar-refractivity contribution is 7.89.